The second kappa shape index (κ2) is 5.76. The van der Waals surface area contributed by atoms with E-state index in [9.17, 15) is 9.59 Å². The Hall–Kier alpha value is -1.82. The van der Waals surface area contributed by atoms with Gasteiger partial charge in [0.05, 0.1) is 5.92 Å². The van der Waals surface area contributed by atoms with E-state index in [1.165, 1.54) is 0 Å². The van der Waals surface area contributed by atoms with Crippen LogP contribution in [0.1, 0.15) is 35.4 Å². The number of furan rings is 1. The summed E-state index contributed by atoms with van der Waals surface area (Å²) in [5.74, 6) is -1.18. The number of rotatable bonds is 3. The monoisotopic (exact) mass is 365 g/mol. The van der Waals surface area contributed by atoms with E-state index >= 15 is 0 Å². The maximum absolute atomic E-state index is 12.3. The van der Waals surface area contributed by atoms with Gasteiger partial charge in [-0.3, -0.25) is 9.59 Å². The van der Waals surface area contributed by atoms with Crippen molar-refractivity contribution in [2.24, 2.45) is 5.92 Å². The molecule has 1 aliphatic carbocycles. The van der Waals surface area contributed by atoms with Crippen LogP contribution in [0, 0.1) is 12.8 Å². The van der Waals surface area contributed by atoms with Gasteiger partial charge in [0.2, 0.25) is 0 Å². The molecule has 1 saturated carbocycles. The van der Waals surface area contributed by atoms with Crippen molar-refractivity contribution in [3.8, 4) is 0 Å². The molecule has 1 heterocycles. The zero-order chi connectivity index (χ0) is 15.9. The molecular formula is C16H16BrNO4. The number of aliphatic carboxylic acids is 1. The normalized spacial score (nSPS) is 21.2. The zero-order valence-corrected chi connectivity index (χ0v) is 13.6. The summed E-state index contributed by atoms with van der Waals surface area (Å²) in [6, 6.07) is 5.45. The van der Waals surface area contributed by atoms with Crippen LogP contribution >= 0.6 is 15.9 Å². The van der Waals surface area contributed by atoms with E-state index in [0.29, 0.717) is 24.8 Å². The summed E-state index contributed by atoms with van der Waals surface area (Å²) in [6.45, 7) is 1.92. The van der Waals surface area contributed by atoms with Crippen molar-refractivity contribution in [1.29, 1.82) is 0 Å². The first-order chi connectivity index (χ1) is 10.4. The summed E-state index contributed by atoms with van der Waals surface area (Å²) >= 11 is 3.42. The number of halogens is 1. The lowest BCUT2D eigenvalue weighted by Gasteiger charge is -2.10. The Balaban J connectivity index is 1.76. The Bertz CT molecular complexity index is 752. The molecule has 1 aromatic carbocycles. The van der Waals surface area contributed by atoms with Gasteiger partial charge < -0.3 is 14.8 Å². The van der Waals surface area contributed by atoms with E-state index in [0.717, 1.165) is 15.4 Å². The molecule has 1 fully saturated rings. The third-order valence-electron chi connectivity index (χ3n) is 4.11. The second-order valence-corrected chi connectivity index (χ2v) is 6.69. The Morgan fingerprint density at radius 1 is 1.32 bits per heavy atom. The largest absolute Gasteiger partial charge is 0.481 e. The average molecular weight is 366 g/mol. The van der Waals surface area contributed by atoms with Crippen LogP contribution in [0.25, 0.3) is 11.0 Å². The van der Waals surface area contributed by atoms with Crippen molar-refractivity contribution in [2.45, 2.75) is 32.2 Å². The summed E-state index contributed by atoms with van der Waals surface area (Å²) in [5.41, 5.74) is 1.65. The topological polar surface area (TPSA) is 79.5 Å². The summed E-state index contributed by atoms with van der Waals surface area (Å²) in [6.07, 6.45) is 1.77. The molecule has 0 bridgehead atoms. The molecule has 22 heavy (non-hydrogen) atoms. The number of amides is 1. The molecule has 0 saturated heterocycles. The lowest BCUT2D eigenvalue weighted by Crippen LogP contribution is -2.33. The van der Waals surface area contributed by atoms with Crippen LogP contribution in [0.3, 0.4) is 0 Å². The van der Waals surface area contributed by atoms with Crippen LogP contribution < -0.4 is 5.32 Å². The molecule has 6 heteroatoms. The minimum Gasteiger partial charge on any atom is -0.481 e. The number of aryl methyl sites for hydroxylation is 1. The molecule has 0 unspecified atom stereocenters. The fourth-order valence-electron chi connectivity index (χ4n) is 2.99. The number of hydrogen-bond donors (Lipinski definition) is 2. The maximum atomic E-state index is 12.3. The van der Waals surface area contributed by atoms with Crippen LogP contribution in [0.4, 0.5) is 0 Å². The number of nitrogens with one attached hydrogen (secondary N) is 1. The predicted octanol–water partition coefficient (Wildman–Crippen LogP) is 3.49. The molecule has 2 aromatic rings. The lowest BCUT2D eigenvalue weighted by molar-refractivity contribution is -0.141. The maximum Gasteiger partial charge on any atom is 0.306 e. The standard InChI is InChI=1S/C16H16BrNO4/c1-8-4-11(17)5-10-7-13(22-14(8)10)15(19)18-12-3-2-9(6-12)16(20)21/h4-5,7,9,12H,2-3,6H2,1H3,(H,18,19)(H,20,21)/t9-,12+/m1/s1. The number of carboxylic acids is 1. The van der Waals surface area contributed by atoms with Crippen LogP contribution in [-0.4, -0.2) is 23.0 Å². The molecule has 0 spiro atoms. The zero-order valence-electron chi connectivity index (χ0n) is 12.1. The van der Waals surface area contributed by atoms with E-state index in [1.807, 2.05) is 19.1 Å². The van der Waals surface area contributed by atoms with Gasteiger partial charge in [0.25, 0.3) is 5.91 Å². The first kappa shape index (κ1) is 15.1. The van der Waals surface area contributed by atoms with Gasteiger partial charge in [0.1, 0.15) is 5.58 Å². The van der Waals surface area contributed by atoms with Crippen molar-refractivity contribution in [3.63, 3.8) is 0 Å². The molecule has 2 N–H and O–H groups in total. The van der Waals surface area contributed by atoms with E-state index in [4.69, 9.17) is 9.52 Å². The van der Waals surface area contributed by atoms with Crippen LogP contribution in [-0.2, 0) is 4.79 Å². The molecular weight excluding hydrogens is 350 g/mol. The van der Waals surface area contributed by atoms with Gasteiger partial charge in [-0.2, -0.15) is 0 Å². The van der Waals surface area contributed by atoms with Gasteiger partial charge in [0.15, 0.2) is 5.76 Å². The van der Waals surface area contributed by atoms with E-state index in [1.54, 1.807) is 6.07 Å². The Morgan fingerprint density at radius 3 is 2.77 bits per heavy atom. The lowest BCUT2D eigenvalue weighted by atomic mass is 10.1. The molecule has 0 radical (unpaired) electrons. The van der Waals surface area contributed by atoms with E-state index in [-0.39, 0.29) is 23.6 Å². The van der Waals surface area contributed by atoms with Gasteiger partial charge in [0, 0.05) is 15.9 Å². The number of carbonyl (C=O) groups is 2. The molecule has 1 aliphatic rings. The predicted molar refractivity (Wildman–Crippen MR) is 84.9 cm³/mol. The van der Waals surface area contributed by atoms with Crippen molar-refractivity contribution >= 4 is 38.8 Å². The highest BCUT2D eigenvalue weighted by Crippen LogP contribution is 2.28. The quantitative estimate of drug-likeness (QED) is 0.872. The molecule has 3 rings (SSSR count). The van der Waals surface area contributed by atoms with Crippen LogP contribution in [0.15, 0.2) is 27.1 Å². The highest BCUT2D eigenvalue weighted by molar-refractivity contribution is 9.10. The van der Waals surface area contributed by atoms with Gasteiger partial charge in [-0.1, -0.05) is 15.9 Å². The molecule has 1 amide bonds. The van der Waals surface area contributed by atoms with Gasteiger partial charge in [-0.15, -0.1) is 0 Å². The summed E-state index contributed by atoms with van der Waals surface area (Å²) in [4.78, 5) is 23.2. The van der Waals surface area contributed by atoms with Crippen molar-refractivity contribution < 1.29 is 19.1 Å². The Morgan fingerprint density at radius 2 is 2.09 bits per heavy atom. The number of carboxylic acid groups (broad SMARTS) is 1. The average Bonchev–Trinajstić information content (AvgIpc) is 3.05. The molecule has 0 aliphatic heterocycles. The number of carbonyl (C=O) groups excluding carboxylic acids is 1. The minimum absolute atomic E-state index is 0.102. The summed E-state index contributed by atoms with van der Waals surface area (Å²) in [7, 11) is 0. The molecule has 2 atom stereocenters. The summed E-state index contributed by atoms with van der Waals surface area (Å²) in [5, 5.41) is 12.7. The minimum atomic E-state index is -0.791. The van der Waals surface area contributed by atoms with Crippen molar-refractivity contribution in [1.82, 2.24) is 5.32 Å². The van der Waals surface area contributed by atoms with Gasteiger partial charge in [-0.25, -0.2) is 0 Å². The first-order valence-electron chi connectivity index (χ1n) is 7.17. The molecule has 5 nitrogen and oxygen atoms in total. The smallest absolute Gasteiger partial charge is 0.306 e. The molecule has 1 aromatic heterocycles. The number of hydrogen-bond acceptors (Lipinski definition) is 3. The van der Waals surface area contributed by atoms with E-state index in [2.05, 4.69) is 21.2 Å². The third kappa shape index (κ3) is 2.88. The third-order valence-corrected chi connectivity index (χ3v) is 4.57. The highest BCUT2D eigenvalue weighted by atomic mass is 79.9. The van der Waals surface area contributed by atoms with Gasteiger partial charge >= 0.3 is 5.97 Å². The number of fused-ring (bicyclic) bond motifs is 1. The van der Waals surface area contributed by atoms with Gasteiger partial charge in [-0.05, 0) is 49.9 Å². The fourth-order valence-corrected chi connectivity index (χ4v) is 3.58. The Kier molecular flexibility index (Phi) is 3.95. The summed E-state index contributed by atoms with van der Waals surface area (Å²) < 4.78 is 6.59. The fraction of sp³-hybridized carbons (Fsp3) is 0.375. The second-order valence-electron chi connectivity index (χ2n) is 5.77. The molecule has 116 valence electrons. The number of benzene rings is 1. The van der Waals surface area contributed by atoms with Crippen LogP contribution in [0.2, 0.25) is 0 Å². The SMILES string of the molecule is Cc1cc(Br)cc2cc(C(=O)N[C@H]3CC[C@@H](C(=O)O)C3)oc12. The van der Waals surface area contributed by atoms with Crippen LogP contribution in [0.5, 0.6) is 0 Å². The van der Waals surface area contributed by atoms with Crippen molar-refractivity contribution in [2.75, 3.05) is 0 Å². The highest BCUT2D eigenvalue weighted by Gasteiger charge is 2.31. The van der Waals surface area contributed by atoms with E-state index < -0.39 is 5.97 Å². The first-order valence-corrected chi connectivity index (χ1v) is 7.96. The Labute approximate surface area is 135 Å². The van der Waals surface area contributed by atoms with Crippen molar-refractivity contribution in [3.05, 3.63) is 34.0 Å².